The molecule has 410 valence electrons. The summed E-state index contributed by atoms with van der Waals surface area (Å²) in [4.78, 5) is 2.60. The third-order valence-electron chi connectivity index (χ3n) is 18.5. The Labute approximate surface area is 504 Å². The van der Waals surface area contributed by atoms with Crippen molar-refractivity contribution in [2.45, 2.75) is 48.0 Å². The summed E-state index contributed by atoms with van der Waals surface area (Å²) in [7, 11) is 0. The van der Waals surface area contributed by atoms with Gasteiger partial charge in [-0.3, -0.25) is 0 Å². The number of anilines is 3. The number of aryl methyl sites for hydroxylation is 6. The lowest BCUT2D eigenvalue weighted by atomic mass is 9.87. The summed E-state index contributed by atoms with van der Waals surface area (Å²) in [6, 6.07) is 102. The Hall–Kier alpha value is -10.3. The van der Waals surface area contributed by atoms with E-state index in [1.807, 2.05) is 0 Å². The van der Waals surface area contributed by atoms with Gasteiger partial charge in [-0.15, -0.1) is 0 Å². The van der Waals surface area contributed by atoms with Crippen LogP contribution in [0, 0.1) is 34.6 Å². The maximum atomic E-state index is 2.60. The van der Waals surface area contributed by atoms with E-state index in [1.54, 1.807) is 0 Å². The zero-order valence-corrected chi connectivity index (χ0v) is 49.6. The van der Waals surface area contributed by atoms with Crippen molar-refractivity contribution in [1.82, 2.24) is 0 Å². The molecular weight excluding hydrogens is 1030 g/mol. The molecule has 86 heavy (non-hydrogen) atoms. The number of rotatable bonds is 10. The predicted octanol–water partition coefficient (Wildman–Crippen LogP) is 24.2. The van der Waals surface area contributed by atoms with Crippen LogP contribution in [0.2, 0.25) is 0 Å². The molecule has 0 aliphatic heterocycles. The fourth-order valence-corrected chi connectivity index (χ4v) is 14.3. The first-order valence-electron chi connectivity index (χ1n) is 30.4. The molecule has 0 N–H and O–H groups in total. The van der Waals surface area contributed by atoms with E-state index in [0.717, 1.165) is 6.42 Å². The Morgan fingerprint density at radius 1 is 0.209 bits per heavy atom. The summed E-state index contributed by atoms with van der Waals surface area (Å²) in [6.07, 6.45) is 0.849. The minimum absolute atomic E-state index is 0.849. The lowest BCUT2D eigenvalue weighted by Gasteiger charge is -2.33. The SMILES string of the molecule is CCc1cc(-c2ccc(-c3cccc4ccccc34)c3ccccc23)c(C)cc1N(c1cc(C)c(-c2ccc(-c3cccc4ccccc34)c3ccccc23)cc1C)c1cc(C)c(-c2ccc(-c3cccc4ccccc34)c3ccccc23)cc1C. The van der Waals surface area contributed by atoms with Gasteiger partial charge in [-0.25, -0.2) is 0 Å². The average Bonchev–Trinajstić information content (AvgIpc) is 1.86. The standard InChI is InChI=1S/C85H65N/c1-7-58-52-82(79-46-43-76(70-34-16-19-37-73(70)79)67-40-22-28-61-25-10-13-31-64(61)67)55(4)51-85(58)86(83-49-53(2)80(47-56(83)5)77-44-41-74(68-32-14-17-35-71(68)77)65-38-20-26-59-23-8-11-29-62(59)65)84-50-54(3)81(48-57(84)6)78-45-42-75(69-33-15-18-36-72(69)78)66-39-21-27-60-24-9-12-30-63(60)66/h8-52H,7H2,1-6H3. The Morgan fingerprint density at radius 2 is 0.453 bits per heavy atom. The highest BCUT2D eigenvalue weighted by Gasteiger charge is 2.26. The molecule has 0 spiro atoms. The molecule has 0 fully saturated rings. The molecule has 0 saturated carbocycles. The van der Waals surface area contributed by atoms with Crippen LogP contribution in [0.5, 0.6) is 0 Å². The molecule has 0 heterocycles. The van der Waals surface area contributed by atoms with Crippen LogP contribution >= 0.6 is 0 Å². The summed E-state index contributed by atoms with van der Waals surface area (Å²) >= 11 is 0. The van der Waals surface area contributed by atoms with Crippen molar-refractivity contribution < 1.29 is 0 Å². The lowest BCUT2D eigenvalue weighted by Crippen LogP contribution is -2.16. The highest BCUT2D eigenvalue weighted by atomic mass is 15.1. The average molecular weight is 1100 g/mol. The summed E-state index contributed by atoms with van der Waals surface area (Å²) in [5, 5.41) is 15.1. The van der Waals surface area contributed by atoms with Crippen LogP contribution in [-0.2, 0) is 6.42 Å². The van der Waals surface area contributed by atoms with Crippen molar-refractivity contribution in [2.24, 2.45) is 0 Å². The Kier molecular flexibility index (Phi) is 13.0. The molecule has 0 radical (unpaired) electrons. The van der Waals surface area contributed by atoms with Gasteiger partial charge in [0.1, 0.15) is 0 Å². The van der Waals surface area contributed by atoms with Gasteiger partial charge in [0.2, 0.25) is 0 Å². The quantitative estimate of drug-likeness (QED) is 0.132. The Balaban J connectivity index is 0.900. The van der Waals surface area contributed by atoms with Gasteiger partial charge in [0.15, 0.2) is 0 Å². The highest BCUT2D eigenvalue weighted by Crippen LogP contribution is 2.49. The van der Waals surface area contributed by atoms with E-state index < -0.39 is 0 Å². The number of nitrogens with zero attached hydrogens (tertiary/aromatic N) is 1. The monoisotopic (exact) mass is 1100 g/mol. The lowest BCUT2D eigenvalue weighted by molar-refractivity contribution is 1.10. The van der Waals surface area contributed by atoms with Crippen molar-refractivity contribution in [1.29, 1.82) is 0 Å². The van der Waals surface area contributed by atoms with Gasteiger partial charge in [-0.1, -0.05) is 244 Å². The number of fused-ring (bicyclic) bond motifs is 6. The van der Waals surface area contributed by atoms with Gasteiger partial charge in [0.25, 0.3) is 0 Å². The van der Waals surface area contributed by atoms with Gasteiger partial charge in [-0.05, 0) is 242 Å². The number of hydrogen-bond acceptors (Lipinski definition) is 1. The first-order valence-corrected chi connectivity index (χ1v) is 30.4. The maximum Gasteiger partial charge on any atom is 0.0496 e. The molecule has 1 nitrogen and oxygen atoms in total. The maximum absolute atomic E-state index is 2.60. The second kappa shape index (κ2) is 21.4. The molecule has 0 aliphatic rings. The van der Waals surface area contributed by atoms with E-state index >= 15 is 0 Å². The number of benzene rings is 15. The molecule has 0 aliphatic carbocycles. The molecular formula is C85H65N. The zero-order chi connectivity index (χ0) is 58.2. The van der Waals surface area contributed by atoms with Crippen LogP contribution in [0.25, 0.3) is 131 Å². The molecule has 0 amide bonds. The molecule has 15 aromatic carbocycles. The molecule has 0 unspecified atom stereocenters. The van der Waals surface area contributed by atoms with Gasteiger partial charge >= 0.3 is 0 Å². The molecule has 0 saturated heterocycles. The molecule has 15 aromatic rings. The fraction of sp³-hybridized carbons (Fsp3) is 0.0824. The topological polar surface area (TPSA) is 3.24 Å². The van der Waals surface area contributed by atoms with E-state index in [1.165, 1.54) is 182 Å². The first-order chi connectivity index (χ1) is 42.2. The minimum atomic E-state index is 0.849. The van der Waals surface area contributed by atoms with Gasteiger partial charge < -0.3 is 4.90 Å². The smallest absolute Gasteiger partial charge is 0.0496 e. The van der Waals surface area contributed by atoms with Crippen LogP contribution in [0.4, 0.5) is 17.1 Å². The van der Waals surface area contributed by atoms with Gasteiger partial charge in [0, 0.05) is 17.1 Å². The molecule has 15 rings (SSSR count). The van der Waals surface area contributed by atoms with Gasteiger partial charge in [0.05, 0.1) is 0 Å². The van der Waals surface area contributed by atoms with Crippen molar-refractivity contribution in [3.8, 4) is 66.8 Å². The van der Waals surface area contributed by atoms with E-state index in [4.69, 9.17) is 0 Å². The van der Waals surface area contributed by atoms with Crippen LogP contribution < -0.4 is 4.90 Å². The number of hydrogen-bond donors (Lipinski definition) is 0. The van der Waals surface area contributed by atoms with Crippen LogP contribution in [-0.4, -0.2) is 0 Å². The molecule has 1 heteroatoms. The van der Waals surface area contributed by atoms with Crippen molar-refractivity contribution in [3.05, 3.63) is 306 Å². The van der Waals surface area contributed by atoms with E-state index in [-0.39, 0.29) is 0 Å². The highest BCUT2D eigenvalue weighted by molar-refractivity contribution is 6.13. The van der Waals surface area contributed by atoms with E-state index in [0.29, 0.717) is 0 Å². The third kappa shape index (κ3) is 8.76. The zero-order valence-electron chi connectivity index (χ0n) is 49.6. The van der Waals surface area contributed by atoms with Crippen LogP contribution in [0.1, 0.15) is 40.3 Å². The largest absolute Gasteiger partial charge is 0.310 e. The normalized spacial score (nSPS) is 11.7. The third-order valence-corrected chi connectivity index (χ3v) is 18.5. The van der Waals surface area contributed by atoms with Crippen molar-refractivity contribution >= 4 is 81.7 Å². The van der Waals surface area contributed by atoms with Crippen molar-refractivity contribution in [3.63, 3.8) is 0 Å². The van der Waals surface area contributed by atoms with E-state index in [2.05, 4.69) is 319 Å². The van der Waals surface area contributed by atoms with Crippen LogP contribution in [0.3, 0.4) is 0 Å². The molecule has 0 atom stereocenters. The fourth-order valence-electron chi connectivity index (χ4n) is 14.3. The van der Waals surface area contributed by atoms with Gasteiger partial charge in [-0.2, -0.15) is 0 Å². The summed E-state index contributed by atoms with van der Waals surface area (Å²) < 4.78 is 0. The molecule has 0 bridgehead atoms. The summed E-state index contributed by atoms with van der Waals surface area (Å²) in [5.74, 6) is 0. The Morgan fingerprint density at radius 3 is 0.767 bits per heavy atom. The predicted molar refractivity (Wildman–Crippen MR) is 372 cm³/mol. The summed E-state index contributed by atoms with van der Waals surface area (Å²) in [6.45, 7) is 13.9. The van der Waals surface area contributed by atoms with Crippen molar-refractivity contribution in [2.75, 3.05) is 4.90 Å². The second-order valence-corrected chi connectivity index (χ2v) is 23.6. The Bertz CT molecular complexity index is 5000. The second-order valence-electron chi connectivity index (χ2n) is 23.6. The van der Waals surface area contributed by atoms with E-state index in [9.17, 15) is 0 Å². The minimum Gasteiger partial charge on any atom is -0.310 e. The summed E-state index contributed by atoms with van der Waals surface area (Å²) in [5.41, 5.74) is 26.0. The first kappa shape index (κ1) is 52.5. The van der Waals surface area contributed by atoms with Crippen LogP contribution in [0.15, 0.2) is 273 Å². The molecule has 0 aromatic heterocycles.